The minimum Gasteiger partial charge on any atom is -0.373 e. The molecule has 3 N–H and O–H groups in total. The maximum atomic E-state index is 13.6. The zero-order valence-corrected chi connectivity index (χ0v) is 30.0. The highest BCUT2D eigenvalue weighted by Gasteiger charge is 2.22. The summed E-state index contributed by atoms with van der Waals surface area (Å²) >= 11 is 0. The summed E-state index contributed by atoms with van der Waals surface area (Å²) < 4.78 is 0. The van der Waals surface area contributed by atoms with Crippen LogP contribution in [0.4, 0.5) is 16.2 Å². The van der Waals surface area contributed by atoms with E-state index in [9.17, 15) is 14.4 Å². The third-order valence-electron chi connectivity index (χ3n) is 9.01. The van der Waals surface area contributed by atoms with Crippen molar-refractivity contribution >= 4 is 29.1 Å². The SMILES string of the molecule is CCCCCCCNC(=O)N(C)c1cccc(-c2ccc(CC(Nc3ccccc3C(=O)c3ccccc3)C(=O)NCCCCCC)cc2)c1. The molecule has 7 heteroatoms. The van der Waals surface area contributed by atoms with Gasteiger partial charge in [-0.15, -0.1) is 0 Å². The molecule has 0 spiro atoms. The smallest absolute Gasteiger partial charge is 0.321 e. The maximum absolute atomic E-state index is 13.6. The van der Waals surface area contributed by atoms with Gasteiger partial charge in [-0.3, -0.25) is 14.5 Å². The molecule has 0 fully saturated rings. The van der Waals surface area contributed by atoms with Crippen LogP contribution >= 0.6 is 0 Å². The summed E-state index contributed by atoms with van der Waals surface area (Å²) in [5.74, 6) is -0.188. The van der Waals surface area contributed by atoms with E-state index >= 15 is 0 Å². The molecular formula is C43H54N4O3. The first kappa shape index (κ1) is 37.9. The number of ketones is 1. The largest absolute Gasteiger partial charge is 0.373 e. The number of para-hydroxylation sites is 1. The molecule has 4 rings (SSSR count). The summed E-state index contributed by atoms with van der Waals surface area (Å²) in [4.78, 5) is 41.5. The van der Waals surface area contributed by atoms with E-state index in [1.54, 1.807) is 30.1 Å². The quantitative estimate of drug-likeness (QED) is 0.0644. The standard InChI is InChI=1S/C43H54N4O3/c1-4-6-8-10-17-30-45-43(50)47(3)37-22-18-21-36(32-37)34-27-25-33(26-28-34)31-40(42(49)44-29-16-9-7-5-2)46-39-24-15-14-23-38(39)41(48)35-19-12-11-13-20-35/h11-15,18-28,32,40,46H,4-10,16-17,29-31H2,1-3H3,(H,44,49)(H,45,50). The Balaban J connectivity index is 1.46. The molecule has 0 heterocycles. The van der Waals surface area contributed by atoms with E-state index in [2.05, 4.69) is 41.9 Å². The van der Waals surface area contributed by atoms with Crippen LogP contribution in [0.1, 0.15) is 93.1 Å². The molecular weight excluding hydrogens is 620 g/mol. The zero-order chi connectivity index (χ0) is 35.6. The van der Waals surface area contributed by atoms with E-state index in [4.69, 9.17) is 0 Å². The zero-order valence-electron chi connectivity index (χ0n) is 30.0. The molecule has 0 saturated carbocycles. The second-order valence-electron chi connectivity index (χ2n) is 12.9. The Morgan fingerprint density at radius 1 is 0.640 bits per heavy atom. The number of benzene rings is 4. The predicted octanol–water partition coefficient (Wildman–Crippen LogP) is 9.42. The first-order valence-corrected chi connectivity index (χ1v) is 18.3. The van der Waals surface area contributed by atoms with Crippen molar-refractivity contribution in [3.05, 3.63) is 120 Å². The molecule has 7 nitrogen and oxygen atoms in total. The van der Waals surface area contributed by atoms with E-state index in [1.807, 2.05) is 72.8 Å². The van der Waals surface area contributed by atoms with Gasteiger partial charge in [-0.2, -0.15) is 0 Å². The Kier molecular flexibility index (Phi) is 15.6. The number of nitrogens with one attached hydrogen (secondary N) is 3. The van der Waals surface area contributed by atoms with Crippen molar-refractivity contribution < 1.29 is 14.4 Å². The fourth-order valence-electron chi connectivity index (χ4n) is 5.96. The van der Waals surface area contributed by atoms with E-state index in [0.29, 0.717) is 36.3 Å². The molecule has 264 valence electrons. The summed E-state index contributed by atoms with van der Waals surface area (Å²) in [7, 11) is 1.79. The van der Waals surface area contributed by atoms with Crippen molar-refractivity contribution in [3.8, 4) is 11.1 Å². The van der Waals surface area contributed by atoms with Crippen LogP contribution in [0.2, 0.25) is 0 Å². The number of carbonyl (C=O) groups is 3. The third-order valence-corrected chi connectivity index (χ3v) is 9.01. The summed E-state index contributed by atoms with van der Waals surface area (Å²) in [6.07, 6.45) is 10.5. The van der Waals surface area contributed by atoms with Crippen LogP contribution in [-0.4, -0.2) is 43.9 Å². The van der Waals surface area contributed by atoms with E-state index < -0.39 is 6.04 Å². The number of unbranched alkanes of at least 4 members (excludes halogenated alkanes) is 7. The molecule has 0 bridgehead atoms. The number of hydrogen-bond acceptors (Lipinski definition) is 4. The Bertz CT molecular complexity index is 1640. The molecule has 0 saturated heterocycles. The third kappa shape index (κ3) is 11.6. The lowest BCUT2D eigenvalue weighted by atomic mass is 9.98. The first-order valence-electron chi connectivity index (χ1n) is 18.3. The molecule has 0 aliphatic carbocycles. The molecule has 3 amide bonds. The van der Waals surface area contributed by atoms with E-state index in [1.165, 1.54) is 19.3 Å². The first-order chi connectivity index (χ1) is 24.4. The van der Waals surface area contributed by atoms with Gasteiger partial charge in [0.25, 0.3) is 0 Å². The fraction of sp³-hybridized carbons (Fsp3) is 0.372. The average molecular weight is 675 g/mol. The van der Waals surface area contributed by atoms with Gasteiger partial charge in [-0.25, -0.2) is 4.79 Å². The van der Waals surface area contributed by atoms with Crippen molar-refractivity contribution in [2.45, 2.75) is 84.1 Å². The summed E-state index contributed by atoms with van der Waals surface area (Å²) in [6, 6.07) is 32.0. The van der Waals surface area contributed by atoms with Gasteiger partial charge < -0.3 is 16.0 Å². The maximum Gasteiger partial charge on any atom is 0.321 e. The highest BCUT2D eigenvalue weighted by molar-refractivity contribution is 6.12. The van der Waals surface area contributed by atoms with Crippen LogP contribution in [0, 0.1) is 0 Å². The van der Waals surface area contributed by atoms with Crippen molar-refractivity contribution in [3.63, 3.8) is 0 Å². The second kappa shape index (κ2) is 20.6. The molecule has 50 heavy (non-hydrogen) atoms. The van der Waals surface area contributed by atoms with Gasteiger partial charge in [0.2, 0.25) is 5.91 Å². The minimum atomic E-state index is -0.584. The highest BCUT2D eigenvalue weighted by Crippen LogP contribution is 2.26. The molecule has 1 unspecified atom stereocenters. The molecule has 0 aliphatic rings. The number of hydrogen-bond donors (Lipinski definition) is 3. The Morgan fingerprint density at radius 2 is 1.28 bits per heavy atom. The van der Waals surface area contributed by atoms with E-state index in [-0.39, 0.29) is 17.7 Å². The summed E-state index contributed by atoms with van der Waals surface area (Å²) in [5, 5.41) is 9.59. The fourth-order valence-corrected chi connectivity index (χ4v) is 5.96. The number of nitrogens with zero attached hydrogens (tertiary/aromatic N) is 1. The molecule has 0 aliphatic heterocycles. The van der Waals surface area contributed by atoms with E-state index in [0.717, 1.165) is 60.9 Å². The molecule has 4 aromatic carbocycles. The van der Waals surface area contributed by atoms with Gasteiger partial charge in [0.1, 0.15) is 6.04 Å². The Morgan fingerprint density at radius 3 is 2.00 bits per heavy atom. The lowest BCUT2D eigenvalue weighted by Gasteiger charge is -2.22. The molecule has 1 atom stereocenters. The Hall–Kier alpha value is -4.91. The van der Waals surface area contributed by atoms with Crippen molar-refractivity contribution in [1.29, 1.82) is 0 Å². The van der Waals surface area contributed by atoms with Crippen LogP contribution in [0.25, 0.3) is 11.1 Å². The summed E-state index contributed by atoms with van der Waals surface area (Å²) in [5.41, 5.74) is 5.59. The van der Waals surface area contributed by atoms with Crippen LogP contribution < -0.4 is 20.9 Å². The van der Waals surface area contributed by atoms with Gasteiger partial charge in [-0.1, -0.05) is 138 Å². The van der Waals surface area contributed by atoms with Gasteiger partial charge in [0, 0.05) is 49.1 Å². The van der Waals surface area contributed by atoms with Crippen LogP contribution in [0.3, 0.4) is 0 Å². The monoisotopic (exact) mass is 674 g/mol. The number of amides is 3. The highest BCUT2D eigenvalue weighted by atomic mass is 16.2. The second-order valence-corrected chi connectivity index (χ2v) is 12.9. The number of rotatable bonds is 20. The topological polar surface area (TPSA) is 90.5 Å². The normalized spacial score (nSPS) is 11.4. The predicted molar refractivity (Wildman–Crippen MR) is 207 cm³/mol. The van der Waals surface area contributed by atoms with Gasteiger partial charge >= 0.3 is 6.03 Å². The molecule has 0 radical (unpaired) electrons. The molecule has 4 aromatic rings. The average Bonchev–Trinajstić information content (AvgIpc) is 3.16. The number of anilines is 2. The van der Waals surface area contributed by atoms with Gasteiger partial charge in [-0.05, 0) is 53.8 Å². The van der Waals surface area contributed by atoms with Gasteiger partial charge in [0.15, 0.2) is 5.78 Å². The number of urea groups is 1. The van der Waals surface area contributed by atoms with Gasteiger partial charge in [0.05, 0.1) is 0 Å². The summed E-state index contributed by atoms with van der Waals surface area (Å²) in [6.45, 7) is 5.66. The lowest BCUT2D eigenvalue weighted by molar-refractivity contribution is -0.121. The van der Waals surface area contributed by atoms with Crippen molar-refractivity contribution in [2.24, 2.45) is 0 Å². The van der Waals surface area contributed by atoms with Crippen molar-refractivity contribution in [1.82, 2.24) is 10.6 Å². The van der Waals surface area contributed by atoms with Crippen LogP contribution in [-0.2, 0) is 11.2 Å². The van der Waals surface area contributed by atoms with Crippen molar-refractivity contribution in [2.75, 3.05) is 30.4 Å². The number of carbonyl (C=O) groups excluding carboxylic acids is 3. The van der Waals surface area contributed by atoms with Crippen LogP contribution in [0.15, 0.2) is 103 Å². The van der Waals surface area contributed by atoms with Crippen LogP contribution in [0.5, 0.6) is 0 Å². The molecule has 0 aromatic heterocycles. The minimum absolute atomic E-state index is 0.0930. The Labute approximate surface area is 298 Å². The lowest BCUT2D eigenvalue weighted by Crippen LogP contribution is -2.41.